The third kappa shape index (κ3) is 5.08. The molecule has 0 heterocycles. The zero-order valence-corrected chi connectivity index (χ0v) is 18.5. The van der Waals surface area contributed by atoms with Crippen LogP contribution in [0.15, 0.2) is 23.3 Å². The molecule has 3 aliphatic carbocycles. The van der Waals surface area contributed by atoms with E-state index in [1.807, 2.05) is 0 Å². The van der Waals surface area contributed by atoms with Crippen molar-refractivity contribution in [1.29, 1.82) is 0 Å². The van der Waals surface area contributed by atoms with Crippen molar-refractivity contribution < 1.29 is 5.11 Å². The van der Waals surface area contributed by atoms with E-state index >= 15 is 0 Å². The van der Waals surface area contributed by atoms with Gasteiger partial charge in [0, 0.05) is 0 Å². The molecule has 0 bridgehead atoms. The molecule has 0 unspecified atom stereocenters. The summed E-state index contributed by atoms with van der Waals surface area (Å²) in [5.41, 5.74) is 3.74. The van der Waals surface area contributed by atoms with Crippen molar-refractivity contribution in [3.8, 4) is 0 Å². The van der Waals surface area contributed by atoms with Crippen LogP contribution in [0, 0.1) is 29.1 Å². The molecule has 0 aromatic carbocycles. The van der Waals surface area contributed by atoms with Gasteiger partial charge >= 0.3 is 0 Å². The molecule has 1 nitrogen and oxygen atoms in total. The summed E-state index contributed by atoms with van der Waals surface area (Å²) in [4.78, 5) is 0. The first-order valence-corrected chi connectivity index (χ1v) is 12.0. The van der Waals surface area contributed by atoms with E-state index in [0.717, 1.165) is 42.9 Å². The topological polar surface area (TPSA) is 20.2 Å². The molecule has 0 saturated heterocycles. The Morgan fingerprint density at radius 2 is 1.85 bits per heavy atom. The zero-order valence-electron chi connectivity index (χ0n) is 18.5. The first kappa shape index (κ1) is 21.2. The van der Waals surface area contributed by atoms with Crippen molar-refractivity contribution in [1.82, 2.24) is 0 Å². The lowest BCUT2D eigenvalue weighted by Crippen LogP contribution is -2.36. The fourth-order valence-corrected chi connectivity index (χ4v) is 6.71. The van der Waals surface area contributed by atoms with Gasteiger partial charge in [0.25, 0.3) is 0 Å². The molecule has 3 rings (SSSR count). The highest BCUT2D eigenvalue weighted by atomic mass is 16.3. The van der Waals surface area contributed by atoms with Gasteiger partial charge in [-0.2, -0.15) is 0 Å². The first-order chi connectivity index (χ1) is 12.9. The maximum Gasteiger partial charge on any atom is 0.0577 e. The van der Waals surface area contributed by atoms with Crippen LogP contribution in [-0.2, 0) is 0 Å². The van der Waals surface area contributed by atoms with Gasteiger partial charge in [0.2, 0.25) is 0 Å². The average molecular weight is 373 g/mol. The minimum atomic E-state index is -0.0948. The molecule has 0 radical (unpaired) electrons. The molecule has 0 aromatic heterocycles. The Bertz CT molecular complexity index is 542. The number of allylic oxidation sites excluding steroid dienone is 3. The molecule has 1 N–H and O–H groups in total. The van der Waals surface area contributed by atoms with E-state index in [9.17, 15) is 5.11 Å². The molecular formula is C26H44O. The Morgan fingerprint density at radius 1 is 1.04 bits per heavy atom. The summed E-state index contributed by atoms with van der Waals surface area (Å²) in [6.45, 7) is 9.88. The quantitative estimate of drug-likeness (QED) is 0.513. The van der Waals surface area contributed by atoms with Crippen LogP contribution in [0.1, 0.15) is 105 Å². The Kier molecular flexibility index (Phi) is 7.28. The van der Waals surface area contributed by atoms with Gasteiger partial charge in [-0.15, -0.1) is 0 Å². The Hall–Kier alpha value is -0.560. The predicted molar refractivity (Wildman–Crippen MR) is 117 cm³/mol. The van der Waals surface area contributed by atoms with Gasteiger partial charge < -0.3 is 5.11 Å². The van der Waals surface area contributed by atoms with E-state index < -0.39 is 0 Å². The van der Waals surface area contributed by atoms with Crippen molar-refractivity contribution in [3.05, 3.63) is 23.3 Å². The van der Waals surface area contributed by atoms with Crippen molar-refractivity contribution in [2.24, 2.45) is 29.1 Å². The molecule has 0 aromatic rings. The normalized spacial score (nSPS) is 38.5. The fourth-order valence-electron chi connectivity index (χ4n) is 6.71. The van der Waals surface area contributed by atoms with Crippen LogP contribution in [-0.4, -0.2) is 11.2 Å². The van der Waals surface area contributed by atoms with Crippen molar-refractivity contribution in [2.75, 3.05) is 0 Å². The SMILES string of the molecule is CC(C)CCC[C@@H](C)[C@H]1CC[C@H]2/C(=C/C=C3/CCC[C@H](O)C3)CCC[C@]12C. The number of hydrogen-bond acceptors (Lipinski definition) is 1. The van der Waals surface area contributed by atoms with Gasteiger partial charge in [-0.3, -0.25) is 0 Å². The van der Waals surface area contributed by atoms with E-state index in [1.54, 1.807) is 5.57 Å². The van der Waals surface area contributed by atoms with Crippen LogP contribution in [0.2, 0.25) is 0 Å². The molecule has 154 valence electrons. The third-order valence-corrected chi connectivity index (χ3v) is 8.23. The van der Waals surface area contributed by atoms with Gasteiger partial charge in [-0.25, -0.2) is 0 Å². The number of hydrogen-bond donors (Lipinski definition) is 1. The average Bonchev–Trinajstić information content (AvgIpc) is 2.97. The number of aliphatic hydroxyl groups excluding tert-OH is 1. The largest absolute Gasteiger partial charge is 0.393 e. The molecule has 3 aliphatic rings. The molecule has 1 heteroatoms. The highest BCUT2D eigenvalue weighted by molar-refractivity contribution is 5.25. The van der Waals surface area contributed by atoms with E-state index in [0.29, 0.717) is 5.41 Å². The summed E-state index contributed by atoms with van der Waals surface area (Å²) < 4.78 is 0. The lowest BCUT2D eigenvalue weighted by molar-refractivity contribution is 0.0928. The second-order valence-corrected chi connectivity index (χ2v) is 10.7. The van der Waals surface area contributed by atoms with Crippen LogP contribution in [0.4, 0.5) is 0 Å². The van der Waals surface area contributed by atoms with Crippen molar-refractivity contribution in [2.45, 2.75) is 111 Å². The zero-order chi connectivity index (χ0) is 19.4. The highest BCUT2D eigenvalue weighted by Crippen LogP contribution is 2.59. The van der Waals surface area contributed by atoms with Crippen molar-refractivity contribution in [3.63, 3.8) is 0 Å². The minimum Gasteiger partial charge on any atom is -0.393 e. The summed E-state index contributed by atoms with van der Waals surface area (Å²) in [7, 11) is 0. The van der Waals surface area contributed by atoms with E-state index in [-0.39, 0.29) is 6.10 Å². The van der Waals surface area contributed by atoms with Gasteiger partial charge in [-0.05, 0) is 86.9 Å². The van der Waals surface area contributed by atoms with E-state index in [1.165, 1.54) is 63.4 Å². The maximum atomic E-state index is 9.95. The monoisotopic (exact) mass is 372 g/mol. The second-order valence-electron chi connectivity index (χ2n) is 10.7. The lowest BCUT2D eigenvalue weighted by Gasteiger charge is -2.44. The summed E-state index contributed by atoms with van der Waals surface area (Å²) in [6.07, 6.45) is 20.2. The summed E-state index contributed by atoms with van der Waals surface area (Å²) in [5, 5.41) is 9.95. The maximum absolute atomic E-state index is 9.95. The number of rotatable bonds is 6. The Morgan fingerprint density at radius 3 is 2.59 bits per heavy atom. The standard InChI is InChI=1S/C26H44O/c1-19(2)8-5-9-20(3)24-15-16-25-22(11-7-17-26(24,25)4)14-13-21-10-6-12-23(27)18-21/h13-14,19-20,23-25,27H,5-12,15-18H2,1-4H3/b21-13-,22-14+/t20-,23+,24-,25+,26-/m1/s1. The molecule has 0 aliphatic heterocycles. The van der Waals surface area contributed by atoms with Crippen molar-refractivity contribution >= 4 is 0 Å². The first-order valence-electron chi connectivity index (χ1n) is 12.0. The molecule has 27 heavy (non-hydrogen) atoms. The van der Waals surface area contributed by atoms with Gasteiger partial charge in [0.05, 0.1) is 6.10 Å². The van der Waals surface area contributed by atoms with Gasteiger partial charge in [-0.1, -0.05) is 70.3 Å². The fraction of sp³-hybridized carbons (Fsp3) is 0.846. The highest BCUT2D eigenvalue weighted by Gasteiger charge is 2.50. The molecule has 5 atom stereocenters. The molecule has 3 saturated carbocycles. The van der Waals surface area contributed by atoms with Crippen LogP contribution >= 0.6 is 0 Å². The van der Waals surface area contributed by atoms with Gasteiger partial charge in [0.1, 0.15) is 0 Å². The number of aliphatic hydroxyl groups is 1. The lowest BCUT2D eigenvalue weighted by atomic mass is 9.60. The Labute approximate surface area is 168 Å². The van der Waals surface area contributed by atoms with Crippen LogP contribution < -0.4 is 0 Å². The summed E-state index contributed by atoms with van der Waals surface area (Å²) in [6, 6.07) is 0. The second kappa shape index (κ2) is 9.29. The molecular weight excluding hydrogens is 328 g/mol. The van der Waals surface area contributed by atoms with Crippen LogP contribution in [0.3, 0.4) is 0 Å². The predicted octanol–water partition coefficient (Wildman–Crippen LogP) is 7.45. The third-order valence-electron chi connectivity index (χ3n) is 8.23. The van der Waals surface area contributed by atoms with Crippen LogP contribution in [0.5, 0.6) is 0 Å². The molecule has 0 amide bonds. The molecule has 0 spiro atoms. The van der Waals surface area contributed by atoms with E-state index in [4.69, 9.17) is 0 Å². The van der Waals surface area contributed by atoms with Gasteiger partial charge in [0.15, 0.2) is 0 Å². The Balaban J connectivity index is 1.66. The summed E-state index contributed by atoms with van der Waals surface area (Å²) in [5.74, 6) is 3.46. The van der Waals surface area contributed by atoms with E-state index in [2.05, 4.69) is 39.8 Å². The summed E-state index contributed by atoms with van der Waals surface area (Å²) >= 11 is 0. The molecule has 3 fully saturated rings. The number of fused-ring (bicyclic) bond motifs is 1. The smallest absolute Gasteiger partial charge is 0.0577 e. The van der Waals surface area contributed by atoms with Crippen LogP contribution in [0.25, 0.3) is 0 Å². The minimum absolute atomic E-state index is 0.0948.